The largest absolute Gasteiger partial charge is 0.485 e. The number of piperazine rings is 1. The number of fused-ring (bicyclic) bond motifs is 1. The number of hydrogen-bond acceptors (Lipinski definition) is 7. The average Bonchev–Trinajstić information content (AvgIpc) is 2.95. The minimum atomic E-state index is -4.62. The summed E-state index contributed by atoms with van der Waals surface area (Å²) in [5, 5.41) is 11.1. The van der Waals surface area contributed by atoms with Crippen molar-refractivity contribution < 1.29 is 36.2 Å². The highest BCUT2D eigenvalue weighted by Crippen LogP contribution is 2.41. The minimum absolute atomic E-state index is 0.244. The summed E-state index contributed by atoms with van der Waals surface area (Å²) in [6.45, 7) is 5.34. The molecule has 2 aliphatic heterocycles. The molecule has 1 fully saturated rings. The first-order valence-corrected chi connectivity index (χ1v) is 14.4. The Labute approximate surface area is 235 Å². The van der Waals surface area contributed by atoms with Crippen LogP contribution in [-0.4, -0.2) is 67.2 Å². The number of amides is 1. The van der Waals surface area contributed by atoms with Crippen LogP contribution in [0.3, 0.4) is 0 Å². The number of rotatable bonds is 5. The third-order valence-corrected chi connectivity index (χ3v) is 8.82. The van der Waals surface area contributed by atoms with Gasteiger partial charge in [0.1, 0.15) is 17.5 Å². The van der Waals surface area contributed by atoms with E-state index in [1.54, 1.807) is 43.3 Å². The molecular weight excluding hydrogens is 561 g/mol. The van der Waals surface area contributed by atoms with Crippen molar-refractivity contribution in [3.05, 3.63) is 83.7 Å². The lowest BCUT2D eigenvalue weighted by atomic mass is 9.86. The van der Waals surface area contributed by atoms with E-state index in [4.69, 9.17) is 4.74 Å². The molecule has 0 bridgehead atoms. The maximum atomic E-state index is 13.4. The van der Waals surface area contributed by atoms with Crippen LogP contribution >= 0.6 is 0 Å². The summed E-state index contributed by atoms with van der Waals surface area (Å²) in [4.78, 5) is 20.9. The van der Waals surface area contributed by atoms with Gasteiger partial charge in [0.2, 0.25) is 10.0 Å². The summed E-state index contributed by atoms with van der Waals surface area (Å²) in [5.41, 5.74) is -0.657. The number of carbonyl (C=O) groups is 1. The number of anilines is 1. The van der Waals surface area contributed by atoms with E-state index in [2.05, 4.69) is 14.6 Å². The first kappa shape index (κ1) is 28.8. The highest BCUT2D eigenvalue weighted by molar-refractivity contribution is 7.89. The molecule has 13 heteroatoms. The standard InChI is InChI=1S/C28H29F3N4O5S/c1-27(2)25(36)24(33-41(38,39)21-6-4-19(5-7-21)28(29,30)31)22-17-18(3-8-23(22)40-27)26(37)35-15-13-34(14-16-35)20-9-11-32-12-10-20/h3-12,17,24-25,33,36H,13-16H2,1-2H3/t24-,25+/m1/s1. The van der Waals surface area contributed by atoms with Crippen molar-refractivity contribution in [2.45, 2.75) is 42.7 Å². The van der Waals surface area contributed by atoms with Gasteiger partial charge in [-0.05, 0) is 68.4 Å². The molecule has 2 aromatic carbocycles. The van der Waals surface area contributed by atoms with E-state index in [-0.39, 0.29) is 22.8 Å². The summed E-state index contributed by atoms with van der Waals surface area (Å²) in [5.74, 6) is 0.0188. The Morgan fingerprint density at radius 3 is 2.27 bits per heavy atom. The highest BCUT2D eigenvalue weighted by atomic mass is 32.2. The highest BCUT2D eigenvalue weighted by Gasteiger charge is 2.45. The number of aromatic nitrogens is 1. The van der Waals surface area contributed by atoms with E-state index >= 15 is 0 Å². The number of halogens is 3. The molecular formula is C28H29F3N4O5S. The Hall–Kier alpha value is -3.68. The van der Waals surface area contributed by atoms with Crippen LogP contribution < -0.4 is 14.4 Å². The number of ether oxygens (including phenoxy) is 1. The minimum Gasteiger partial charge on any atom is -0.485 e. The van der Waals surface area contributed by atoms with Gasteiger partial charge in [0, 0.05) is 55.4 Å². The van der Waals surface area contributed by atoms with Gasteiger partial charge in [-0.1, -0.05) is 0 Å². The number of nitrogens with one attached hydrogen (secondary N) is 1. The monoisotopic (exact) mass is 590 g/mol. The van der Waals surface area contributed by atoms with E-state index in [9.17, 15) is 31.5 Å². The first-order chi connectivity index (χ1) is 19.3. The Balaban J connectivity index is 1.39. The lowest BCUT2D eigenvalue weighted by Gasteiger charge is -2.42. The number of pyridine rings is 1. The van der Waals surface area contributed by atoms with Gasteiger partial charge in [-0.3, -0.25) is 9.78 Å². The summed E-state index contributed by atoms with van der Waals surface area (Å²) in [6, 6.07) is 10.3. The fraction of sp³-hybridized carbons (Fsp3) is 0.357. The van der Waals surface area contributed by atoms with Gasteiger partial charge in [-0.25, -0.2) is 13.1 Å². The molecule has 1 saturated heterocycles. The molecule has 0 radical (unpaired) electrons. The van der Waals surface area contributed by atoms with Crippen molar-refractivity contribution in [1.82, 2.24) is 14.6 Å². The van der Waals surface area contributed by atoms with Crippen molar-refractivity contribution in [2.24, 2.45) is 0 Å². The number of sulfonamides is 1. The van der Waals surface area contributed by atoms with Gasteiger partial charge in [0.25, 0.3) is 5.91 Å². The number of hydrogen-bond donors (Lipinski definition) is 2. The number of carbonyl (C=O) groups excluding carboxylic acids is 1. The summed E-state index contributed by atoms with van der Waals surface area (Å²) < 4.78 is 73.7. The number of benzene rings is 2. The van der Waals surface area contributed by atoms with Gasteiger partial charge in [-0.15, -0.1) is 0 Å². The van der Waals surface area contributed by atoms with E-state index < -0.39 is 44.4 Å². The fourth-order valence-corrected chi connectivity index (χ4v) is 6.24. The van der Waals surface area contributed by atoms with Gasteiger partial charge in [-0.2, -0.15) is 13.2 Å². The Kier molecular flexibility index (Phi) is 7.47. The lowest BCUT2D eigenvalue weighted by Crippen LogP contribution is -2.53. The maximum absolute atomic E-state index is 13.4. The molecule has 2 atom stereocenters. The van der Waals surface area contributed by atoms with Crippen molar-refractivity contribution >= 4 is 21.6 Å². The second kappa shape index (κ2) is 10.6. The molecule has 0 saturated carbocycles. The molecule has 1 amide bonds. The fourth-order valence-electron chi connectivity index (χ4n) is 5.02. The van der Waals surface area contributed by atoms with Gasteiger partial charge in [0.05, 0.1) is 16.5 Å². The third-order valence-electron chi connectivity index (χ3n) is 7.36. The molecule has 218 valence electrons. The summed E-state index contributed by atoms with van der Waals surface area (Å²) >= 11 is 0. The normalized spacial score (nSPS) is 20.7. The molecule has 1 aromatic heterocycles. The van der Waals surface area contributed by atoms with Gasteiger partial charge >= 0.3 is 6.18 Å². The van der Waals surface area contributed by atoms with Crippen LogP contribution in [0.2, 0.25) is 0 Å². The summed E-state index contributed by atoms with van der Waals surface area (Å²) in [6.07, 6.45) is -2.59. The number of aliphatic hydroxyl groups is 1. The predicted molar refractivity (Wildman–Crippen MR) is 144 cm³/mol. The van der Waals surface area contributed by atoms with Gasteiger partial charge < -0.3 is 19.6 Å². The van der Waals surface area contributed by atoms with Crippen LogP contribution in [0, 0.1) is 0 Å². The van der Waals surface area contributed by atoms with Crippen molar-refractivity contribution in [3.63, 3.8) is 0 Å². The number of alkyl halides is 3. The second-order valence-corrected chi connectivity index (χ2v) is 12.2. The molecule has 9 nitrogen and oxygen atoms in total. The van der Waals surface area contributed by atoms with E-state index in [0.717, 1.165) is 17.8 Å². The topological polar surface area (TPSA) is 112 Å². The second-order valence-electron chi connectivity index (χ2n) is 10.5. The number of aliphatic hydroxyl groups excluding tert-OH is 1. The molecule has 0 spiro atoms. The average molecular weight is 591 g/mol. The first-order valence-electron chi connectivity index (χ1n) is 12.9. The summed E-state index contributed by atoms with van der Waals surface area (Å²) in [7, 11) is -4.37. The van der Waals surface area contributed by atoms with Crippen LogP contribution in [0.15, 0.2) is 71.9 Å². The number of nitrogens with zero attached hydrogens (tertiary/aromatic N) is 3. The van der Waals surface area contributed by atoms with Crippen molar-refractivity contribution in [2.75, 3.05) is 31.1 Å². The molecule has 3 aromatic rings. The predicted octanol–water partition coefficient (Wildman–Crippen LogP) is 3.61. The van der Waals surface area contributed by atoms with Crippen LogP contribution in [0.4, 0.5) is 18.9 Å². The Bertz CT molecular complexity index is 1520. The lowest BCUT2D eigenvalue weighted by molar-refractivity contribution is -0.137. The van der Waals surface area contributed by atoms with E-state index in [1.807, 2.05) is 12.1 Å². The van der Waals surface area contributed by atoms with Crippen LogP contribution in [0.25, 0.3) is 0 Å². The zero-order valence-corrected chi connectivity index (χ0v) is 23.1. The van der Waals surface area contributed by atoms with Crippen LogP contribution in [-0.2, 0) is 16.2 Å². The Morgan fingerprint density at radius 1 is 1.02 bits per heavy atom. The van der Waals surface area contributed by atoms with Crippen LogP contribution in [0.5, 0.6) is 5.75 Å². The molecule has 2 aliphatic rings. The smallest absolute Gasteiger partial charge is 0.416 e. The van der Waals surface area contributed by atoms with E-state index in [1.165, 1.54) is 6.07 Å². The maximum Gasteiger partial charge on any atom is 0.416 e. The molecule has 0 aliphatic carbocycles. The molecule has 41 heavy (non-hydrogen) atoms. The molecule has 3 heterocycles. The van der Waals surface area contributed by atoms with Crippen molar-refractivity contribution in [1.29, 1.82) is 0 Å². The van der Waals surface area contributed by atoms with Crippen LogP contribution in [0.1, 0.15) is 41.4 Å². The molecule has 5 rings (SSSR count). The third kappa shape index (κ3) is 5.88. The SMILES string of the molecule is CC1(C)Oc2ccc(C(=O)N3CCN(c4ccncc4)CC3)cc2[C@@H](NS(=O)(=O)c2ccc(C(F)(F)F)cc2)[C@@H]1O. The zero-order chi connectivity index (χ0) is 29.6. The van der Waals surface area contributed by atoms with E-state index in [0.29, 0.717) is 38.3 Å². The van der Waals surface area contributed by atoms with Gasteiger partial charge in [0.15, 0.2) is 0 Å². The molecule has 0 unspecified atom stereocenters. The Morgan fingerprint density at radius 2 is 1.66 bits per heavy atom. The zero-order valence-electron chi connectivity index (χ0n) is 22.3. The van der Waals surface area contributed by atoms with Crippen molar-refractivity contribution in [3.8, 4) is 5.75 Å². The quantitative estimate of drug-likeness (QED) is 0.467. The molecule has 2 N–H and O–H groups in total.